The summed E-state index contributed by atoms with van der Waals surface area (Å²) >= 11 is 6.29. The monoisotopic (exact) mass is 443 g/mol. The van der Waals surface area contributed by atoms with Gasteiger partial charge in [-0.2, -0.15) is 0 Å². The van der Waals surface area contributed by atoms with Crippen molar-refractivity contribution in [2.45, 2.75) is 44.9 Å². The molecule has 0 bridgehead atoms. The lowest BCUT2D eigenvalue weighted by atomic mass is 9.67. The van der Waals surface area contributed by atoms with E-state index in [2.05, 4.69) is 16.8 Å². The van der Waals surface area contributed by atoms with Gasteiger partial charge in [-0.15, -0.1) is 0 Å². The Morgan fingerprint density at radius 1 is 1.23 bits per heavy atom. The highest BCUT2D eigenvalue weighted by atomic mass is 35.5. The summed E-state index contributed by atoms with van der Waals surface area (Å²) in [6.45, 7) is 7.01. The highest BCUT2D eigenvalue weighted by Crippen LogP contribution is 2.40. The van der Waals surface area contributed by atoms with Gasteiger partial charge in [0.25, 0.3) is 5.91 Å². The van der Waals surface area contributed by atoms with E-state index in [4.69, 9.17) is 22.1 Å². The van der Waals surface area contributed by atoms with Crippen molar-refractivity contribution >= 4 is 23.3 Å². The molecule has 1 aliphatic heterocycles. The quantitative estimate of drug-likeness (QED) is 0.634. The van der Waals surface area contributed by atoms with Crippen LogP contribution in [-0.4, -0.2) is 47.8 Å². The number of carbonyl (C=O) groups excluding carboxylic acids is 2. The Morgan fingerprint density at radius 3 is 2.58 bits per heavy atom. The first kappa shape index (κ1) is 23.2. The molecule has 0 aliphatic carbocycles. The molecule has 3 rings (SSSR count). The number of aryl methyl sites for hydroxylation is 1. The number of nitrogens with two attached hydrogens (primary N) is 1. The number of halogens is 1. The van der Waals surface area contributed by atoms with Gasteiger partial charge in [0.2, 0.25) is 0 Å². The predicted octanol–water partition coefficient (Wildman–Crippen LogP) is 3.92. The maximum Gasteiger partial charge on any atom is 0.267 e. The van der Waals surface area contributed by atoms with Crippen LogP contribution in [0.5, 0.6) is 5.75 Å². The van der Waals surface area contributed by atoms with Crippen molar-refractivity contribution in [3.63, 3.8) is 0 Å². The molecule has 1 aromatic carbocycles. The number of amides is 1. The van der Waals surface area contributed by atoms with Crippen LogP contribution < -0.4 is 10.5 Å². The molecule has 0 unspecified atom stereocenters. The third kappa shape index (κ3) is 5.43. The SMILES string of the molecule is CCCC(=O)C1(c2cc(Cl)ccc2C)CCN(CCOc2ccc(C(N)=O)nc2)CC1. The van der Waals surface area contributed by atoms with Gasteiger partial charge in [0.1, 0.15) is 23.8 Å². The average Bonchev–Trinajstić information content (AvgIpc) is 2.76. The van der Waals surface area contributed by atoms with Crippen molar-refractivity contribution in [2.24, 2.45) is 5.73 Å². The lowest BCUT2D eigenvalue weighted by molar-refractivity contribution is -0.126. The van der Waals surface area contributed by atoms with E-state index in [0.29, 0.717) is 29.6 Å². The minimum atomic E-state index is -0.559. The molecule has 1 fully saturated rings. The molecule has 6 nitrogen and oxygen atoms in total. The highest BCUT2D eigenvalue weighted by Gasteiger charge is 2.42. The van der Waals surface area contributed by atoms with Crippen LogP contribution in [0.3, 0.4) is 0 Å². The Kier molecular flexibility index (Phi) is 7.68. The van der Waals surface area contributed by atoms with E-state index < -0.39 is 11.3 Å². The molecule has 1 amide bonds. The average molecular weight is 444 g/mol. The molecule has 1 saturated heterocycles. The van der Waals surface area contributed by atoms with E-state index in [1.54, 1.807) is 12.1 Å². The second kappa shape index (κ2) is 10.2. The van der Waals surface area contributed by atoms with Crippen LogP contribution in [-0.2, 0) is 10.2 Å². The molecule has 0 atom stereocenters. The smallest absolute Gasteiger partial charge is 0.267 e. The van der Waals surface area contributed by atoms with Gasteiger partial charge in [0, 0.05) is 18.0 Å². The van der Waals surface area contributed by atoms with E-state index in [0.717, 1.165) is 50.0 Å². The molecular formula is C24H30ClN3O3. The number of carbonyl (C=O) groups is 2. The molecule has 0 saturated carbocycles. The fourth-order valence-electron chi connectivity index (χ4n) is 4.34. The van der Waals surface area contributed by atoms with Crippen molar-refractivity contribution < 1.29 is 14.3 Å². The normalized spacial score (nSPS) is 16.1. The third-order valence-corrected chi connectivity index (χ3v) is 6.34. The van der Waals surface area contributed by atoms with E-state index in [1.165, 1.54) is 6.20 Å². The summed E-state index contributed by atoms with van der Waals surface area (Å²) in [5.41, 5.74) is 7.16. The van der Waals surface area contributed by atoms with Crippen LogP contribution in [0.25, 0.3) is 0 Å². The van der Waals surface area contributed by atoms with Gasteiger partial charge in [-0.25, -0.2) is 4.98 Å². The molecule has 0 radical (unpaired) electrons. The number of nitrogens with zero attached hydrogens (tertiary/aromatic N) is 2. The number of benzene rings is 1. The number of rotatable bonds is 9. The lowest BCUT2D eigenvalue weighted by Crippen LogP contribution is -2.48. The third-order valence-electron chi connectivity index (χ3n) is 6.10. The number of hydrogen-bond acceptors (Lipinski definition) is 5. The first-order chi connectivity index (χ1) is 14.9. The Balaban J connectivity index is 1.62. The Hall–Kier alpha value is -2.44. The zero-order valence-corrected chi connectivity index (χ0v) is 19.0. The number of hydrogen-bond donors (Lipinski definition) is 1. The maximum absolute atomic E-state index is 13.2. The molecule has 2 aromatic rings. The maximum atomic E-state index is 13.2. The standard InChI is InChI=1S/C24H30ClN3O3/c1-3-4-22(29)24(20-15-18(25)6-5-17(20)2)9-11-28(12-10-24)13-14-31-19-7-8-21(23(26)30)27-16-19/h5-8,15-16H,3-4,9-14H2,1-2H3,(H2,26,30). The minimum absolute atomic E-state index is 0.216. The summed E-state index contributed by atoms with van der Waals surface area (Å²) in [5.74, 6) is 0.358. The molecule has 7 heteroatoms. The number of Topliss-reactive ketones (excluding diaryl/α,β-unsaturated/α-hetero) is 1. The Labute approximate surface area is 188 Å². The van der Waals surface area contributed by atoms with Crippen LogP contribution in [0.1, 0.15) is 54.2 Å². The van der Waals surface area contributed by atoms with Crippen molar-refractivity contribution in [1.82, 2.24) is 9.88 Å². The fourth-order valence-corrected chi connectivity index (χ4v) is 4.51. The minimum Gasteiger partial charge on any atom is -0.491 e. The molecule has 166 valence electrons. The van der Waals surface area contributed by atoms with Gasteiger partial charge in [-0.3, -0.25) is 14.5 Å². The fraction of sp³-hybridized carbons (Fsp3) is 0.458. The predicted molar refractivity (Wildman–Crippen MR) is 122 cm³/mol. The molecule has 1 aliphatic rings. The number of ether oxygens (including phenoxy) is 1. The molecule has 1 aromatic heterocycles. The van der Waals surface area contributed by atoms with Crippen molar-refractivity contribution in [2.75, 3.05) is 26.2 Å². The second-order valence-corrected chi connectivity index (χ2v) is 8.58. The second-order valence-electron chi connectivity index (χ2n) is 8.15. The highest BCUT2D eigenvalue weighted by molar-refractivity contribution is 6.30. The Morgan fingerprint density at radius 2 is 1.97 bits per heavy atom. The van der Waals surface area contributed by atoms with Crippen LogP contribution in [0, 0.1) is 6.92 Å². The molecule has 2 heterocycles. The van der Waals surface area contributed by atoms with Crippen LogP contribution in [0.2, 0.25) is 5.02 Å². The van der Waals surface area contributed by atoms with Crippen molar-refractivity contribution in [1.29, 1.82) is 0 Å². The summed E-state index contributed by atoms with van der Waals surface area (Å²) in [4.78, 5) is 30.6. The van der Waals surface area contributed by atoms with Gasteiger partial charge < -0.3 is 10.5 Å². The van der Waals surface area contributed by atoms with Gasteiger partial charge in [0.15, 0.2) is 0 Å². The van der Waals surface area contributed by atoms with Crippen LogP contribution in [0.4, 0.5) is 0 Å². The number of likely N-dealkylation sites (tertiary alicyclic amines) is 1. The largest absolute Gasteiger partial charge is 0.491 e. The first-order valence-electron chi connectivity index (χ1n) is 10.8. The van der Waals surface area contributed by atoms with Crippen molar-refractivity contribution in [3.05, 3.63) is 58.4 Å². The van der Waals surface area contributed by atoms with E-state index in [9.17, 15) is 9.59 Å². The van der Waals surface area contributed by atoms with E-state index in [1.807, 2.05) is 25.1 Å². The van der Waals surface area contributed by atoms with Gasteiger partial charge >= 0.3 is 0 Å². The summed E-state index contributed by atoms with van der Waals surface area (Å²) in [6.07, 6.45) is 4.50. The molecule has 31 heavy (non-hydrogen) atoms. The topological polar surface area (TPSA) is 85.5 Å². The van der Waals surface area contributed by atoms with E-state index in [-0.39, 0.29) is 5.69 Å². The number of primary amides is 1. The summed E-state index contributed by atoms with van der Waals surface area (Å²) in [6, 6.07) is 9.12. The van der Waals surface area contributed by atoms with Gasteiger partial charge in [-0.05, 0) is 74.7 Å². The lowest BCUT2D eigenvalue weighted by Gasteiger charge is -2.42. The summed E-state index contributed by atoms with van der Waals surface area (Å²) < 4.78 is 5.76. The number of pyridine rings is 1. The van der Waals surface area contributed by atoms with E-state index >= 15 is 0 Å². The Bertz CT molecular complexity index is 922. The summed E-state index contributed by atoms with van der Waals surface area (Å²) in [7, 11) is 0. The molecule has 2 N–H and O–H groups in total. The van der Waals surface area contributed by atoms with Crippen LogP contribution in [0.15, 0.2) is 36.5 Å². The first-order valence-corrected chi connectivity index (χ1v) is 11.1. The van der Waals surface area contributed by atoms with Crippen LogP contribution >= 0.6 is 11.6 Å². The zero-order valence-electron chi connectivity index (χ0n) is 18.2. The summed E-state index contributed by atoms with van der Waals surface area (Å²) in [5, 5.41) is 0.677. The molecular weight excluding hydrogens is 414 g/mol. The number of ketones is 1. The zero-order chi connectivity index (χ0) is 22.4. The number of piperidine rings is 1. The van der Waals surface area contributed by atoms with Gasteiger partial charge in [-0.1, -0.05) is 24.6 Å². The number of aromatic nitrogens is 1. The van der Waals surface area contributed by atoms with Gasteiger partial charge in [0.05, 0.1) is 11.6 Å². The van der Waals surface area contributed by atoms with Crippen molar-refractivity contribution in [3.8, 4) is 5.75 Å². The molecule has 0 spiro atoms.